The molecule has 1 aromatic carbocycles. The number of para-hydroxylation sites is 2. The molecule has 7 nitrogen and oxygen atoms in total. The number of hydrogen-bond donors (Lipinski definition) is 2. The van der Waals surface area contributed by atoms with Crippen molar-refractivity contribution >= 4 is 34.4 Å². The number of benzene rings is 1. The summed E-state index contributed by atoms with van der Waals surface area (Å²) in [5.74, 6) is 2.59. The van der Waals surface area contributed by atoms with Gasteiger partial charge in [0.25, 0.3) is 0 Å². The number of pyridine rings is 1. The summed E-state index contributed by atoms with van der Waals surface area (Å²) >= 11 is 6.30. The lowest BCUT2D eigenvalue weighted by Gasteiger charge is -2.20. The molecule has 1 aliphatic heterocycles. The van der Waals surface area contributed by atoms with Crippen molar-refractivity contribution in [2.24, 2.45) is 12.0 Å². The molecule has 0 bridgehead atoms. The Balaban J connectivity index is 1.44. The molecule has 2 N–H and O–H groups in total. The van der Waals surface area contributed by atoms with E-state index in [4.69, 9.17) is 21.6 Å². The fraction of sp³-hybridized carbons (Fsp3) is 0.381. The van der Waals surface area contributed by atoms with Gasteiger partial charge < -0.3 is 20.1 Å². The van der Waals surface area contributed by atoms with Crippen LogP contribution in [0.5, 0.6) is 0 Å². The van der Waals surface area contributed by atoms with Gasteiger partial charge >= 0.3 is 0 Å². The van der Waals surface area contributed by atoms with Crippen LogP contribution in [0.15, 0.2) is 47.6 Å². The van der Waals surface area contributed by atoms with Crippen molar-refractivity contribution in [1.29, 1.82) is 0 Å². The SMILES string of the molecule is CCNC(=NCc1nc2ccccc2n1C)NC1CCN(c2ncccc2Cl)C1. The van der Waals surface area contributed by atoms with E-state index in [-0.39, 0.29) is 6.04 Å². The molecule has 1 saturated heterocycles. The van der Waals surface area contributed by atoms with Gasteiger partial charge in [-0.1, -0.05) is 23.7 Å². The molecular weight excluding hydrogens is 386 g/mol. The number of rotatable bonds is 5. The number of fused-ring (bicyclic) bond motifs is 1. The number of hydrogen-bond acceptors (Lipinski definition) is 4. The first-order chi connectivity index (χ1) is 14.2. The number of guanidine groups is 1. The van der Waals surface area contributed by atoms with E-state index < -0.39 is 0 Å². The van der Waals surface area contributed by atoms with Crippen LogP contribution in [0.25, 0.3) is 11.0 Å². The molecule has 1 aliphatic rings. The number of nitrogens with zero attached hydrogens (tertiary/aromatic N) is 5. The highest BCUT2D eigenvalue weighted by Crippen LogP contribution is 2.25. The molecule has 0 saturated carbocycles. The maximum Gasteiger partial charge on any atom is 0.191 e. The van der Waals surface area contributed by atoms with Gasteiger partial charge in [0.2, 0.25) is 0 Å². The van der Waals surface area contributed by atoms with Crippen molar-refractivity contribution in [3.05, 3.63) is 53.4 Å². The Bertz CT molecular complexity index is 1010. The van der Waals surface area contributed by atoms with Crippen molar-refractivity contribution in [1.82, 2.24) is 25.2 Å². The molecule has 1 unspecified atom stereocenters. The maximum absolute atomic E-state index is 6.30. The number of nitrogens with one attached hydrogen (secondary N) is 2. The third kappa shape index (κ3) is 4.29. The molecule has 3 aromatic rings. The van der Waals surface area contributed by atoms with Gasteiger partial charge in [-0.15, -0.1) is 0 Å². The van der Waals surface area contributed by atoms with Gasteiger partial charge in [0.1, 0.15) is 18.2 Å². The quantitative estimate of drug-likeness (QED) is 0.499. The maximum atomic E-state index is 6.30. The summed E-state index contributed by atoms with van der Waals surface area (Å²) in [5, 5.41) is 7.58. The number of aliphatic imine (C=N–C) groups is 1. The van der Waals surface area contributed by atoms with E-state index in [1.54, 1.807) is 6.20 Å². The Morgan fingerprint density at radius 1 is 1.28 bits per heavy atom. The molecule has 0 amide bonds. The van der Waals surface area contributed by atoms with Gasteiger partial charge in [-0.05, 0) is 37.6 Å². The normalized spacial score (nSPS) is 17.1. The van der Waals surface area contributed by atoms with Crippen LogP contribution in [-0.4, -0.2) is 46.2 Å². The minimum atomic E-state index is 0.284. The zero-order valence-corrected chi connectivity index (χ0v) is 17.5. The van der Waals surface area contributed by atoms with Crippen LogP contribution in [-0.2, 0) is 13.6 Å². The molecule has 0 radical (unpaired) electrons. The first-order valence-electron chi connectivity index (χ1n) is 9.96. The number of aromatic nitrogens is 3. The van der Waals surface area contributed by atoms with Crippen LogP contribution in [0.1, 0.15) is 19.2 Å². The molecule has 1 atom stereocenters. The molecule has 2 aromatic heterocycles. The summed E-state index contributed by atoms with van der Waals surface area (Å²) in [4.78, 5) is 16.1. The van der Waals surface area contributed by atoms with Crippen molar-refractivity contribution in [2.75, 3.05) is 24.5 Å². The van der Waals surface area contributed by atoms with E-state index in [2.05, 4.69) is 38.1 Å². The summed E-state index contributed by atoms with van der Waals surface area (Å²) in [6.07, 6.45) is 2.79. The van der Waals surface area contributed by atoms with Gasteiger partial charge in [-0.3, -0.25) is 0 Å². The van der Waals surface area contributed by atoms with E-state index in [1.807, 2.05) is 37.4 Å². The van der Waals surface area contributed by atoms with Gasteiger partial charge in [0.15, 0.2) is 5.96 Å². The number of anilines is 1. The number of aryl methyl sites for hydroxylation is 1. The molecule has 4 rings (SSSR count). The average Bonchev–Trinajstić information content (AvgIpc) is 3.31. The summed E-state index contributed by atoms with van der Waals surface area (Å²) < 4.78 is 2.10. The summed E-state index contributed by atoms with van der Waals surface area (Å²) in [6.45, 7) is 5.15. The van der Waals surface area contributed by atoms with E-state index in [9.17, 15) is 0 Å². The lowest BCUT2D eigenvalue weighted by molar-refractivity contribution is 0.647. The second-order valence-corrected chi connectivity index (χ2v) is 7.56. The summed E-state index contributed by atoms with van der Waals surface area (Å²) in [5.41, 5.74) is 2.12. The molecule has 0 aliphatic carbocycles. The van der Waals surface area contributed by atoms with Crippen LogP contribution in [0.2, 0.25) is 5.02 Å². The molecule has 0 spiro atoms. The second-order valence-electron chi connectivity index (χ2n) is 7.16. The number of imidazole rings is 1. The Kier molecular flexibility index (Phi) is 5.85. The minimum absolute atomic E-state index is 0.284. The van der Waals surface area contributed by atoms with Crippen molar-refractivity contribution in [3.8, 4) is 0 Å². The Labute approximate surface area is 175 Å². The Morgan fingerprint density at radius 2 is 2.14 bits per heavy atom. The van der Waals surface area contributed by atoms with Crippen LogP contribution >= 0.6 is 11.6 Å². The van der Waals surface area contributed by atoms with Crippen LogP contribution in [0.4, 0.5) is 5.82 Å². The van der Waals surface area contributed by atoms with Crippen molar-refractivity contribution < 1.29 is 0 Å². The minimum Gasteiger partial charge on any atom is -0.357 e. The molecular formula is C21H26ClN7. The van der Waals surface area contributed by atoms with Crippen LogP contribution < -0.4 is 15.5 Å². The lowest BCUT2D eigenvalue weighted by Crippen LogP contribution is -2.44. The smallest absolute Gasteiger partial charge is 0.191 e. The molecule has 3 heterocycles. The zero-order chi connectivity index (χ0) is 20.2. The molecule has 8 heteroatoms. The van der Waals surface area contributed by atoms with Gasteiger partial charge in [-0.25, -0.2) is 15.0 Å². The number of halogens is 1. The predicted molar refractivity (Wildman–Crippen MR) is 119 cm³/mol. The third-order valence-electron chi connectivity index (χ3n) is 5.17. The molecule has 1 fully saturated rings. The van der Waals surface area contributed by atoms with Crippen LogP contribution in [0, 0.1) is 0 Å². The van der Waals surface area contributed by atoms with Crippen LogP contribution in [0.3, 0.4) is 0 Å². The van der Waals surface area contributed by atoms with Gasteiger partial charge in [0, 0.05) is 38.9 Å². The first kappa shape index (κ1) is 19.5. The third-order valence-corrected chi connectivity index (χ3v) is 5.47. The van der Waals surface area contributed by atoms with Crippen molar-refractivity contribution in [3.63, 3.8) is 0 Å². The lowest BCUT2D eigenvalue weighted by atomic mass is 10.3. The van der Waals surface area contributed by atoms with Crippen molar-refractivity contribution in [2.45, 2.75) is 25.9 Å². The zero-order valence-electron chi connectivity index (χ0n) is 16.8. The highest BCUT2D eigenvalue weighted by Gasteiger charge is 2.25. The highest BCUT2D eigenvalue weighted by atomic mass is 35.5. The topological polar surface area (TPSA) is 70.4 Å². The first-order valence-corrected chi connectivity index (χ1v) is 10.3. The summed E-state index contributed by atoms with van der Waals surface area (Å²) in [6, 6.07) is 12.2. The Morgan fingerprint density at radius 3 is 2.93 bits per heavy atom. The highest BCUT2D eigenvalue weighted by molar-refractivity contribution is 6.32. The largest absolute Gasteiger partial charge is 0.357 e. The van der Waals surface area contributed by atoms with Gasteiger partial charge in [0.05, 0.1) is 16.1 Å². The predicted octanol–water partition coefficient (Wildman–Crippen LogP) is 2.96. The standard InChI is InChI=1S/C21H26ClN7/c1-3-23-21(25-13-19-27-17-8-4-5-9-18(17)28(19)2)26-15-10-12-29(14-15)20-16(22)7-6-11-24-20/h4-9,11,15H,3,10,12-14H2,1-2H3,(H2,23,25,26). The van der Waals surface area contributed by atoms with E-state index in [0.29, 0.717) is 11.6 Å². The molecule has 29 heavy (non-hydrogen) atoms. The second kappa shape index (κ2) is 8.69. The van der Waals surface area contributed by atoms with E-state index in [1.165, 1.54) is 0 Å². The fourth-order valence-corrected chi connectivity index (χ4v) is 3.92. The monoisotopic (exact) mass is 411 g/mol. The molecule has 152 valence electrons. The van der Waals surface area contributed by atoms with E-state index >= 15 is 0 Å². The average molecular weight is 412 g/mol. The fourth-order valence-electron chi connectivity index (χ4n) is 3.68. The van der Waals surface area contributed by atoms with Gasteiger partial charge in [-0.2, -0.15) is 0 Å². The van der Waals surface area contributed by atoms with E-state index in [0.717, 1.165) is 54.7 Å². The summed E-state index contributed by atoms with van der Waals surface area (Å²) in [7, 11) is 2.03. The Hall–Kier alpha value is -2.80.